The molecule has 0 unspecified atom stereocenters. The van der Waals surface area contributed by atoms with Crippen molar-refractivity contribution < 1.29 is 9.53 Å². The summed E-state index contributed by atoms with van der Waals surface area (Å²) in [5.41, 5.74) is 2.58. The van der Waals surface area contributed by atoms with Crippen molar-refractivity contribution in [3.8, 4) is 0 Å². The molecular weight excluding hydrogens is 365 g/mol. The van der Waals surface area contributed by atoms with Crippen molar-refractivity contribution in [1.29, 1.82) is 0 Å². The van der Waals surface area contributed by atoms with E-state index in [9.17, 15) is 4.79 Å². The van der Waals surface area contributed by atoms with Crippen molar-refractivity contribution in [3.63, 3.8) is 0 Å². The van der Waals surface area contributed by atoms with E-state index in [1.54, 1.807) is 7.11 Å². The van der Waals surface area contributed by atoms with E-state index in [1.807, 2.05) is 48.5 Å². The van der Waals surface area contributed by atoms with Crippen LogP contribution in [0.5, 0.6) is 0 Å². The van der Waals surface area contributed by atoms with Crippen molar-refractivity contribution in [1.82, 2.24) is 0 Å². The third-order valence-corrected chi connectivity index (χ3v) is 3.67. The zero-order valence-corrected chi connectivity index (χ0v) is 13.4. The highest BCUT2D eigenvalue weighted by molar-refractivity contribution is 14.1. The third-order valence-electron chi connectivity index (χ3n) is 2.95. The fourth-order valence-corrected chi connectivity index (χ4v) is 2.23. The molecule has 0 bridgehead atoms. The highest BCUT2D eigenvalue weighted by Gasteiger charge is 2.08. The maximum Gasteiger partial charge on any atom is 0.255 e. The number of benzene rings is 2. The molecule has 0 spiro atoms. The molecule has 4 heteroatoms. The molecule has 0 aromatic heterocycles. The highest BCUT2D eigenvalue weighted by Crippen LogP contribution is 2.17. The molecule has 0 saturated heterocycles. The number of ether oxygens (including phenoxy) is 1. The first-order chi connectivity index (χ1) is 9.70. The SMILES string of the molecule is COCCc1ccccc1NC(=O)c1ccc(I)cc1. The van der Waals surface area contributed by atoms with Crippen LogP contribution in [0.15, 0.2) is 48.5 Å². The van der Waals surface area contributed by atoms with Gasteiger partial charge in [0.05, 0.1) is 6.61 Å². The molecule has 0 radical (unpaired) electrons. The molecule has 0 heterocycles. The standard InChI is InChI=1S/C16H16INO2/c1-20-11-10-12-4-2-3-5-15(12)18-16(19)13-6-8-14(17)9-7-13/h2-9H,10-11H2,1H3,(H,18,19). The van der Waals surface area contributed by atoms with Crippen molar-refractivity contribution >= 4 is 34.2 Å². The number of halogens is 1. The molecule has 0 aliphatic carbocycles. The number of rotatable bonds is 5. The van der Waals surface area contributed by atoms with Gasteiger partial charge in [0.2, 0.25) is 0 Å². The summed E-state index contributed by atoms with van der Waals surface area (Å²) in [4.78, 5) is 12.2. The van der Waals surface area contributed by atoms with Gasteiger partial charge in [-0.2, -0.15) is 0 Å². The summed E-state index contributed by atoms with van der Waals surface area (Å²) in [5, 5.41) is 2.96. The average molecular weight is 381 g/mol. The van der Waals surface area contributed by atoms with Crippen LogP contribution in [0.25, 0.3) is 0 Å². The Morgan fingerprint density at radius 3 is 2.55 bits per heavy atom. The lowest BCUT2D eigenvalue weighted by molar-refractivity contribution is 0.102. The normalized spacial score (nSPS) is 10.3. The maximum atomic E-state index is 12.2. The third kappa shape index (κ3) is 4.05. The summed E-state index contributed by atoms with van der Waals surface area (Å²) in [5.74, 6) is -0.0914. The number of hydrogen-bond donors (Lipinski definition) is 1. The van der Waals surface area contributed by atoms with Crippen molar-refractivity contribution in [2.24, 2.45) is 0 Å². The summed E-state index contributed by atoms with van der Waals surface area (Å²) in [7, 11) is 1.67. The molecule has 2 aromatic rings. The molecule has 1 amide bonds. The molecule has 0 aliphatic rings. The summed E-state index contributed by atoms with van der Waals surface area (Å²) < 4.78 is 6.20. The van der Waals surface area contributed by atoms with Gasteiger partial charge in [0, 0.05) is 21.9 Å². The number of amides is 1. The van der Waals surface area contributed by atoms with E-state index in [2.05, 4.69) is 27.9 Å². The lowest BCUT2D eigenvalue weighted by Crippen LogP contribution is -2.13. The minimum Gasteiger partial charge on any atom is -0.384 e. The second-order valence-corrected chi connectivity index (χ2v) is 5.61. The number of para-hydroxylation sites is 1. The van der Waals surface area contributed by atoms with Crippen molar-refractivity contribution in [3.05, 3.63) is 63.2 Å². The van der Waals surface area contributed by atoms with Gasteiger partial charge in [-0.15, -0.1) is 0 Å². The van der Waals surface area contributed by atoms with E-state index >= 15 is 0 Å². The van der Waals surface area contributed by atoms with Crippen LogP contribution in [0.4, 0.5) is 5.69 Å². The summed E-state index contributed by atoms with van der Waals surface area (Å²) in [6.45, 7) is 0.635. The van der Waals surface area contributed by atoms with E-state index in [0.717, 1.165) is 21.2 Å². The summed E-state index contributed by atoms with van der Waals surface area (Å²) in [6, 6.07) is 15.3. The summed E-state index contributed by atoms with van der Waals surface area (Å²) in [6.07, 6.45) is 0.777. The second kappa shape index (κ2) is 7.40. The Balaban J connectivity index is 2.13. The van der Waals surface area contributed by atoms with Crippen LogP contribution in [0, 0.1) is 3.57 Å². The Morgan fingerprint density at radius 2 is 1.85 bits per heavy atom. The van der Waals surface area contributed by atoms with Gasteiger partial charge < -0.3 is 10.1 Å². The minimum atomic E-state index is -0.0914. The molecule has 2 rings (SSSR count). The van der Waals surface area contributed by atoms with E-state index < -0.39 is 0 Å². The van der Waals surface area contributed by atoms with E-state index in [1.165, 1.54) is 0 Å². The molecule has 0 saturated carbocycles. The molecule has 0 atom stereocenters. The zero-order valence-electron chi connectivity index (χ0n) is 11.2. The smallest absolute Gasteiger partial charge is 0.255 e. The van der Waals surface area contributed by atoms with Crippen molar-refractivity contribution in [2.75, 3.05) is 19.0 Å². The number of hydrogen-bond acceptors (Lipinski definition) is 2. The van der Waals surface area contributed by atoms with Crippen LogP contribution < -0.4 is 5.32 Å². The predicted octanol–water partition coefficient (Wildman–Crippen LogP) is 3.73. The van der Waals surface area contributed by atoms with Crippen LogP contribution in [-0.2, 0) is 11.2 Å². The first-order valence-electron chi connectivity index (χ1n) is 6.34. The minimum absolute atomic E-state index is 0.0914. The van der Waals surface area contributed by atoms with Gasteiger partial charge in [-0.25, -0.2) is 0 Å². The van der Waals surface area contributed by atoms with Crippen LogP contribution >= 0.6 is 22.6 Å². The van der Waals surface area contributed by atoms with Gasteiger partial charge in [-0.3, -0.25) is 4.79 Å². The van der Waals surface area contributed by atoms with Crippen LogP contribution in [0.1, 0.15) is 15.9 Å². The van der Waals surface area contributed by atoms with Gasteiger partial charge in [-0.05, 0) is 64.9 Å². The largest absolute Gasteiger partial charge is 0.384 e. The Morgan fingerprint density at radius 1 is 1.15 bits per heavy atom. The molecule has 3 nitrogen and oxygen atoms in total. The molecule has 104 valence electrons. The Bertz CT molecular complexity index is 581. The number of carbonyl (C=O) groups is 1. The second-order valence-electron chi connectivity index (χ2n) is 4.36. The Hall–Kier alpha value is -1.40. The van der Waals surface area contributed by atoms with E-state index in [-0.39, 0.29) is 5.91 Å². The zero-order chi connectivity index (χ0) is 14.4. The number of methoxy groups -OCH3 is 1. The molecule has 0 fully saturated rings. The highest BCUT2D eigenvalue weighted by atomic mass is 127. The monoisotopic (exact) mass is 381 g/mol. The molecular formula is C16H16INO2. The summed E-state index contributed by atoms with van der Waals surface area (Å²) >= 11 is 2.22. The van der Waals surface area contributed by atoms with Crippen LogP contribution in [0.3, 0.4) is 0 Å². The van der Waals surface area contributed by atoms with Gasteiger partial charge in [-0.1, -0.05) is 18.2 Å². The van der Waals surface area contributed by atoms with E-state index in [0.29, 0.717) is 12.2 Å². The maximum absolute atomic E-state index is 12.2. The molecule has 1 N–H and O–H groups in total. The van der Waals surface area contributed by atoms with Crippen LogP contribution in [-0.4, -0.2) is 19.6 Å². The van der Waals surface area contributed by atoms with Gasteiger partial charge >= 0.3 is 0 Å². The number of anilines is 1. The Kier molecular flexibility index (Phi) is 5.55. The fraction of sp³-hybridized carbons (Fsp3) is 0.188. The lowest BCUT2D eigenvalue weighted by atomic mass is 10.1. The van der Waals surface area contributed by atoms with Gasteiger partial charge in [0.1, 0.15) is 0 Å². The molecule has 2 aromatic carbocycles. The lowest BCUT2D eigenvalue weighted by Gasteiger charge is -2.11. The number of carbonyl (C=O) groups excluding carboxylic acids is 1. The van der Waals surface area contributed by atoms with Gasteiger partial charge in [0.25, 0.3) is 5.91 Å². The van der Waals surface area contributed by atoms with Crippen LogP contribution in [0.2, 0.25) is 0 Å². The predicted molar refractivity (Wildman–Crippen MR) is 89.1 cm³/mol. The number of nitrogens with one attached hydrogen (secondary N) is 1. The van der Waals surface area contributed by atoms with Gasteiger partial charge in [0.15, 0.2) is 0 Å². The van der Waals surface area contributed by atoms with Crippen molar-refractivity contribution in [2.45, 2.75) is 6.42 Å². The fourth-order valence-electron chi connectivity index (χ4n) is 1.87. The Labute approximate surface area is 132 Å². The van der Waals surface area contributed by atoms with E-state index in [4.69, 9.17) is 4.74 Å². The average Bonchev–Trinajstić information content (AvgIpc) is 2.47. The molecule has 0 aliphatic heterocycles. The first-order valence-corrected chi connectivity index (χ1v) is 7.42. The molecule has 20 heavy (non-hydrogen) atoms. The first kappa shape index (κ1) is 15.0. The topological polar surface area (TPSA) is 38.3 Å². The quantitative estimate of drug-likeness (QED) is 0.802.